The van der Waals surface area contributed by atoms with E-state index in [0.29, 0.717) is 5.82 Å². The number of halogens is 1. The highest BCUT2D eigenvalue weighted by molar-refractivity contribution is 5.91. The van der Waals surface area contributed by atoms with Crippen LogP contribution in [-0.4, -0.2) is 22.2 Å². The van der Waals surface area contributed by atoms with E-state index in [1.165, 1.54) is 0 Å². The normalized spacial score (nSPS) is 9.36. The summed E-state index contributed by atoms with van der Waals surface area (Å²) in [5.41, 5.74) is 6.12. The number of carbonyl (C=O) groups excluding carboxylic acids is 1. The van der Waals surface area contributed by atoms with E-state index in [0.717, 1.165) is 12.1 Å². The fraction of sp³-hybridized carbons (Fsp3) is 0.500. The van der Waals surface area contributed by atoms with E-state index in [-0.39, 0.29) is 24.9 Å². The molecule has 14 heavy (non-hydrogen) atoms. The number of nitrogens with zero attached hydrogens (tertiary/aromatic N) is 2. The van der Waals surface area contributed by atoms with Crippen molar-refractivity contribution in [3.63, 3.8) is 0 Å². The average Bonchev–Trinajstić information content (AvgIpc) is 2.47. The Morgan fingerprint density at radius 2 is 2.36 bits per heavy atom. The number of carbonyl (C=O) groups is 1. The molecule has 6 heteroatoms. The molecule has 0 saturated heterocycles. The van der Waals surface area contributed by atoms with Crippen LogP contribution in [0.1, 0.15) is 12.6 Å². The van der Waals surface area contributed by atoms with E-state index < -0.39 is 0 Å². The lowest BCUT2D eigenvalue weighted by Crippen LogP contribution is -2.23. The van der Waals surface area contributed by atoms with Crippen LogP contribution in [0, 0.1) is 0 Å². The first-order valence-electron chi connectivity index (χ1n) is 4.20. The van der Waals surface area contributed by atoms with Crippen LogP contribution >= 0.6 is 12.4 Å². The van der Waals surface area contributed by atoms with Gasteiger partial charge in [-0.1, -0.05) is 6.92 Å². The summed E-state index contributed by atoms with van der Waals surface area (Å²) >= 11 is 0. The van der Waals surface area contributed by atoms with Crippen molar-refractivity contribution in [2.75, 3.05) is 11.9 Å². The van der Waals surface area contributed by atoms with Crippen molar-refractivity contribution in [1.82, 2.24) is 9.78 Å². The van der Waals surface area contributed by atoms with Gasteiger partial charge in [-0.15, -0.1) is 12.4 Å². The Kier molecular flexibility index (Phi) is 5.19. The van der Waals surface area contributed by atoms with Crippen LogP contribution < -0.4 is 11.1 Å². The largest absolute Gasteiger partial charge is 0.322 e. The number of hydrogen-bond acceptors (Lipinski definition) is 3. The fourth-order valence-corrected chi connectivity index (χ4v) is 1.01. The first kappa shape index (κ1) is 12.9. The molecule has 1 amide bonds. The van der Waals surface area contributed by atoms with Gasteiger partial charge in [-0.3, -0.25) is 9.48 Å². The van der Waals surface area contributed by atoms with Crippen LogP contribution in [0.4, 0.5) is 5.82 Å². The molecule has 0 radical (unpaired) electrons. The van der Waals surface area contributed by atoms with Crippen LogP contribution in [0.15, 0.2) is 6.07 Å². The minimum atomic E-state index is -0.203. The molecule has 0 aromatic carbocycles. The standard InChI is InChI=1S/C8H14N4O.ClH/c1-3-6-4-7(12(2)11-6)10-8(13)5-9;/h4H,3,5,9H2,1-2H3,(H,10,13);1H. The van der Waals surface area contributed by atoms with Gasteiger partial charge in [0.1, 0.15) is 5.82 Å². The number of hydrogen-bond donors (Lipinski definition) is 2. The molecule has 0 aliphatic heterocycles. The Labute approximate surface area is 89.1 Å². The molecule has 0 unspecified atom stereocenters. The van der Waals surface area contributed by atoms with Crippen LogP contribution in [0.3, 0.4) is 0 Å². The van der Waals surface area contributed by atoms with Crippen LogP contribution in [-0.2, 0) is 18.3 Å². The highest BCUT2D eigenvalue weighted by Gasteiger charge is 2.05. The highest BCUT2D eigenvalue weighted by atomic mass is 35.5. The number of nitrogens with one attached hydrogen (secondary N) is 1. The van der Waals surface area contributed by atoms with E-state index in [2.05, 4.69) is 10.4 Å². The third kappa shape index (κ3) is 3.01. The summed E-state index contributed by atoms with van der Waals surface area (Å²) < 4.78 is 1.63. The maximum atomic E-state index is 11.0. The molecule has 1 aromatic rings. The number of aromatic nitrogens is 2. The summed E-state index contributed by atoms with van der Waals surface area (Å²) in [6, 6.07) is 1.84. The molecule has 3 N–H and O–H groups in total. The molecule has 5 nitrogen and oxygen atoms in total. The van der Waals surface area contributed by atoms with Crippen molar-refractivity contribution in [2.45, 2.75) is 13.3 Å². The number of aryl methyl sites for hydroxylation is 2. The van der Waals surface area contributed by atoms with Crippen molar-refractivity contribution in [3.8, 4) is 0 Å². The Morgan fingerprint density at radius 1 is 1.71 bits per heavy atom. The first-order chi connectivity index (χ1) is 6.17. The van der Waals surface area contributed by atoms with Crippen molar-refractivity contribution >= 4 is 24.1 Å². The van der Waals surface area contributed by atoms with Gasteiger partial charge in [-0.2, -0.15) is 5.10 Å². The van der Waals surface area contributed by atoms with Gasteiger partial charge in [0.2, 0.25) is 5.91 Å². The summed E-state index contributed by atoms with van der Waals surface area (Å²) in [5.74, 6) is 0.484. The van der Waals surface area contributed by atoms with Crippen molar-refractivity contribution in [3.05, 3.63) is 11.8 Å². The van der Waals surface area contributed by atoms with Gasteiger partial charge in [0.15, 0.2) is 0 Å². The highest BCUT2D eigenvalue weighted by Crippen LogP contribution is 2.08. The zero-order valence-corrected chi connectivity index (χ0v) is 9.10. The second-order valence-electron chi connectivity index (χ2n) is 2.75. The quantitative estimate of drug-likeness (QED) is 0.767. The zero-order chi connectivity index (χ0) is 9.84. The van der Waals surface area contributed by atoms with E-state index in [1.807, 2.05) is 13.0 Å². The zero-order valence-electron chi connectivity index (χ0n) is 8.28. The monoisotopic (exact) mass is 218 g/mol. The molecule has 0 aliphatic rings. The second kappa shape index (κ2) is 5.62. The van der Waals surface area contributed by atoms with Crippen molar-refractivity contribution in [1.29, 1.82) is 0 Å². The van der Waals surface area contributed by atoms with Gasteiger partial charge < -0.3 is 11.1 Å². The lowest BCUT2D eigenvalue weighted by atomic mass is 10.3. The fourth-order valence-electron chi connectivity index (χ4n) is 1.01. The van der Waals surface area contributed by atoms with Gasteiger partial charge in [-0.25, -0.2) is 0 Å². The third-order valence-electron chi connectivity index (χ3n) is 1.75. The molecule has 1 aromatic heterocycles. The van der Waals surface area contributed by atoms with Gasteiger partial charge in [-0.05, 0) is 6.42 Å². The molecule has 0 spiro atoms. The van der Waals surface area contributed by atoms with E-state index in [9.17, 15) is 4.79 Å². The molecular weight excluding hydrogens is 204 g/mol. The molecule has 0 fully saturated rings. The topological polar surface area (TPSA) is 72.9 Å². The van der Waals surface area contributed by atoms with Crippen LogP contribution in [0.25, 0.3) is 0 Å². The minimum Gasteiger partial charge on any atom is -0.322 e. The predicted octanol–water partition coefficient (Wildman–Crippen LogP) is 0.302. The summed E-state index contributed by atoms with van der Waals surface area (Å²) in [6.45, 7) is 2.00. The molecule has 0 aliphatic carbocycles. The molecule has 80 valence electrons. The minimum absolute atomic E-state index is 0. The summed E-state index contributed by atoms with van der Waals surface area (Å²) in [4.78, 5) is 11.0. The van der Waals surface area contributed by atoms with E-state index in [1.54, 1.807) is 11.7 Å². The number of nitrogens with two attached hydrogens (primary N) is 1. The first-order valence-corrected chi connectivity index (χ1v) is 4.20. The second-order valence-corrected chi connectivity index (χ2v) is 2.75. The summed E-state index contributed by atoms with van der Waals surface area (Å²) in [7, 11) is 1.78. The van der Waals surface area contributed by atoms with Gasteiger partial charge in [0.25, 0.3) is 0 Å². The SMILES string of the molecule is CCc1cc(NC(=O)CN)n(C)n1.Cl. The molecule has 0 bridgehead atoms. The molecule has 1 heterocycles. The van der Waals surface area contributed by atoms with Crippen LogP contribution in [0.5, 0.6) is 0 Å². The summed E-state index contributed by atoms with van der Waals surface area (Å²) in [5, 5.41) is 6.83. The summed E-state index contributed by atoms with van der Waals surface area (Å²) in [6.07, 6.45) is 0.854. The molecule has 0 atom stereocenters. The maximum Gasteiger partial charge on any atom is 0.239 e. The third-order valence-corrected chi connectivity index (χ3v) is 1.75. The number of anilines is 1. The molecular formula is C8H15ClN4O. The lowest BCUT2D eigenvalue weighted by Gasteiger charge is -2.01. The Balaban J connectivity index is 0.00000169. The lowest BCUT2D eigenvalue weighted by molar-refractivity contribution is -0.114. The van der Waals surface area contributed by atoms with Crippen LogP contribution in [0.2, 0.25) is 0 Å². The van der Waals surface area contributed by atoms with Crippen molar-refractivity contribution < 1.29 is 4.79 Å². The smallest absolute Gasteiger partial charge is 0.239 e. The number of rotatable bonds is 3. The average molecular weight is 219 g/mol. The number of amides is 1. The van der Waals surface area contributed by atoms with Gasteiger partial charge in [0, 0.05) is 13.1 Å². The van der Waals surface area contributed by atoms with E-state index in [4.69, 9.17) is 5.73 Å². The van der Waals surface area contributed by atoms with Gasteiger partial charge in [0.05, 0.1) is 12.2 Å². The molecule has 0 saturated carbocycles. The Morgan fingerprint density at radius 3 is 2.79 bits per heavy atom. The van der Waals surface area contributed by atoms with E-state index >= 15 is 0 Å². The van der Waals surface area contributed by atoms with Gasteiger partial charge >= 0.3 is 0 Å². The van der Waals surface area contributed by atoms with Crippen molar-refractivity contribution in [2.24, 2.45) is 12.8 Å². The predicted molar refractivity (Wildman–Crippen MR) is 57.5 cm³/mol. The Bertz CT molecular complexity index is 310. The Hall–Kier alpha value is -1.07. The maximum absolute atomic E-state index is 11.0. The molecule has 1 rings (SSSR count).